The standard InChI is InChI=1S/C18H22N4O5/c1-18(2,21-12-15(11-19-21)22(26)27)17(25)20-14(8-9-16(23)24)10-13-6-4-3-5-7-13/h3-7,11-12,14H,8-10H2,1-2H3,(H,20,25)(H,23,24). The molecule has 0 aliphatic carbocycles. The van der Waals surface area contributed by atoms with Gasteiger partial charge in [-0.25, -0.2) is 0 Å². The quantitative estimate of drug-likeness (QED) is 0.511. The number of rotatable bonds is 9. The van der Waals surface area contributed by atoms with Crippen LogP contribution in [0.25, 0.3) is 0 Å². The van der Waals surface area contributed by atoms with Crippen molar-refractivity contribution in [3.05, 3.63) is 58.4 Å². The third kappa shape index (κ3) is 5.37. The normalized spacial score (nSPS) is 12.4. The molecule has 27 heavy (non-hydrogen) atoms. The molecule has 1 heterocycles. The zero-order valence-electron chi connectivity index (χ0n) is 15.2. The molecule has 2 rings (SSSR count). The van der Waals surface area contributed by atoms with Crippen molar-refractivity contribution in [1.82, 2.24) is 15.1 Å². The Hall–Kier alpha value is -3.23. The first kappa shape index (κ1) is 20.1. The zero-order valence-corrected chi connectivity index (χ0v) is 15.2. The predicted octanol–water partition coefficient (Wildman–Crippen LogP) is 2.12. The summed E-state index contributed by atoms with van der Waals surface area (Å²) in [6, 6.07) is 9.04. The summed E-state index contributed by atoms with van der Waals surface area (Å²) in [5.41, 5.74) is -0.407. The summed E-state index contributed by atoms with van der Waals surface area (Å²) in [4.78, 5) is 34.0. The molecule has 0 aliphatic rings. The van der Waals surface area contributed by atoms with Gasteiger partial charge in [-0.1, -0.05) is 30.3 Å². The van der Waals surface area contributed by atoms with Gasteiger partial charge in [0.25, 0.3) is 0 Å². The van der Waals surface area contributed by atoms with Crippen LogP contribution in [-0.2, 0) is 21.5 Å². The fourth-order valence-electron chi connectivity index (χ4n) is 2.60. The van der Waals surface area contributed by atoms with Gasteiger partial charge < -0.3 is 10.4 Å². The molecule has 0 aliphatic heterocycles. The monoisotopic (exact) mass is 374 g/mol. The van der Waals surface area contributed by atoms with Gasteiger partial charge in [0.1, 0.15) is 17.9 Å². The van der Waals surface area contributed by atoms with E-state index < -0.39 is 22.3 Å². The van der Waals surface area contributed by atoms with Crippen LogP contribution in [0.2, 0.25) is 0 Å². The summed E-state index contributed by atoms with van der Waals surface area (Å²) in [6.07, 6.45) is 2.95. The van der Waals surface area contributed by atoms with Crippen LogP contribution in [0.4, 0.5) is 5.69 Å². The summed E-state index contributed by atoms with van der Waals surface area (Å²) in [5, 5.41) is 26.6. The maximum Gasteiger partial charge on any atom is 0.307 e. The average molecular weight is 374 g/mol. The second kappa shape index (κ2) is 8.43. The lowest BCUT2D eigenvalue weighted by molar-refractivity contribution is -0.385. The molecule has 2 aromatic rings. The Balaban J connectivity index is 2.14. The van der Waals surface area contributed by atoms with Crippen LogP contribution in [0.5, 0.6) is 0 Å². The highest BCUT2D eigenvalue weighted by atomic mass is 16.6. The molecular formula is C18H22N4O5. The van der Waals surface area contributed by atoms with Crippen molar-refractivity contribution in [3.8, 4) is 0 Å². The number of amides is 1. The Morgan fingerprint density at radius 2 is 2.00 bits per heavy atom. The van der Waals surface area contributed by atoms with Gasteiger partial charge in [0.15, 0.2) is 0 Å². The van der Waals surface area contributed by atoms with Crippen LogP contribution in [0.3, 0.4) is 0 Å². The molecule has 0 saturated carbocycles. The second-order valence-corrected chi connectivity index (χ2v) is 6.75. The highest BCUT2D eigenvalue weighted by Gasteiger charge is 2.33. The Kier molecular flexibility index (Phi) is 6.27. The van der Waals surface area contributed by atoms with Crippen LogP contribution in [-0.4, -0.2) is 37.7 Å². The van der Waals surface area contributed by atoms with E-state index in [4.69, 9.17) is 5.11 Å². The number of aliphatic carboxylic acids is 1. The maximum atomic E-state index is 12.8. The number of hydrogen-bond acceptors (Lipinski definition) is 5. The molecule has 9 heteroatoms. The average Bonchev–Trinajstić information content (AvgIpc) is 3.11. The van der Waals surface area contributed by atoms with Gasteiger partial charge in [-0.05, 0) is 32.3 Å². The fraction of sp³-hybridized carbons (Fsp3) is 0.389. The summed E-state index contributed by atoms with van der Waals surface area (Å²) in [7, 11) is 0. The Morgan fingerprint density at radius 3 is 2.56 bits per heavy atom. The van der Waals surface area contributed by atoms with Crippen LogP contribution in [0, 0.1) is 10.1 Å². The third-order valence-corrected chi connectivity index (χ3v) is 4.28. The van der Waals surface area contributed by atoms with Crippen LogP contribution in [0.15, 0.2) is 42.7 Å². The van der Waals surface area contributed by atoms with Crippen LogP contribution >= 0.6 is 0 Å². The van der Waals surface area contributed by atoms with Gasteiger partial charge in [0.05, 0.1) is 4.92 Å². The van der Waals surface area contributed by atoms with Crippen molar-refractivity contribution in [2.75, 3.05) is 0 Å². The van der Waals surface area contributed by atoms with E-state index in [0.717, 1.165) is 11.8 Å². The first-order chi connectivity index (χ1) is 12.7. The number of carbonyl (C=O) groups is 2. The van der Waals surface area contributed by atoms with E-state index >= 15 is 0 Å². The van der Waals surface area contributed by atoms with Gasteiger partial charge in [-0.15, -0.1) is 0 Å². The van der Waals surface area contributed by atoms with Crippen molar-refractivity contribution in [1.29, 1.82) is 0 Å². The van der Waals surface area contributed by atoms with Crippen molar-refractivity contribution < 1.29 is 19.6 Å². The van der Waals surface area contributed by atoms with E-state index in [9.17, 15) is 19.7 Å². The Morgan fingerprint density at radius 1 is 1.33 bits per heavy atom. The smallest absolute Gasteiger partial charge is 0.307 e. The molecule has 2 N–H and O–H groups in total. The van der Waals surface area contributed by atoms with Crippen molar-refractivity contribution >= 4 is 17.6 Å². The number of nitrogens with one attached hydrogen (secondary N) is 1. The number of carbonyl (C=O) groups excluding carboxylic acids is 1. The van der Waals surface area contributed by atoms with E-state index in [1.807, 2.05) is 30.3 Å². The van der Waals surface area contributed by atoms with Gasteiger partial charge in [-0.2, -0.15) is 5.10 Å². The third-order valence-electron chi connectivity index (χ3n) is 4.28. The van der Waals surface area contributed by atoms with Gasteiger partial charge >= 0.3 is 11.7 Å². The van der Waals surface area contributed by atoms with E-state index in [0.29, 0.717) is 6.42 Å². The van der Waals surface area contributed by atoms with Crippen LogP contribution < -0.4 is 5.32 Å². The number of nitro groups is 1. The summed E-state index contributed by atoms with van der Waals surface area (Å²) in [5.74, 6) is -1.34. The van der Waals surface area contributed by atoms with E-state index in [1.165, 1.54) is 10.9 Å². The molecule has 1 aromatic heterocycles. The van der Waals surface area contributed by atoms with Gasteiger partial charge in [0, 0.05) is 12.5 Å². The minimum atomic E-state index is -1.17. The topological polar surface area (TPSA) is 127 Å². The van der Waals surface area contributed by atoms with Crippen molar-refractivity contribution in [2.45, 2.75) is 44.7 Å². The lowest BCUT2D eigenvalue weighted by atomic mass is 9.99. The van der Waals surface area contributed by atoms with Crippen molar-refractivity contribution in [2.24, 2.45) is 0 Å². The van der Waals surface area contributed by atoms with Gasteiger partial charge in [0.2, 0.25) is 5.91 Å². The molecule has 0 saturated heterocycles. The highest BCUT2D eigenvalue weighted by molar-refractivity contribution is 5.84. The number of nitrogens with zero attached hydrogens (tertiary/aromatic N) is 3. The number of hydrogen-bond donors (Lipinski definition) is 2. The first-order valence-electron chi connectivity index (χ1n) is 8.46. The minimum Gasteiger partial charge on any atom is -0.481 e. The first-order valence-corrected chi connectivity index (χ1v) is 8.46. The summed E-state index contributed by atoms with van der Waals surface area (Å²) < 4.78 is 1.23. The predicted molar refractivity (Wildman–Crippen MR) is 97.1 cm³/mol. The van der Waals surface area contributed by atoms with E-state index in [-0.39, 0.29) is 24.6 Å². The number of benzene rings is 1. The molecule has 0 spiro atoms. The number of carboxylic acids is 1. The molecule has 1 amide bonds. The number of aromatic nitrogens is 2. The Labute approximate surface area is 156 Å². The minimum absolute atomic E-state index is 0.0779. The highest BCUT2D eigenvalue weighted by Crippen LogP contribution is 2.19. The largest absolute Gasteiger partial charge is 0.481 e. The molecule has 0 bridgehead atoms. The molecule has 1 aromatic carbocycles. The maximum absolute atomic E-state index is 12.8. The van der Waals surface area contributed by atoms with E-state index in [2.05, 4.69) is 10.4 Å². The lowest BCUT2D eigenvalue weighted by Crippen LogP contribution is -2.49. The molecule has 1 unspecified atom stereocenters. The van der Waals surface area contributed by atoms with Gasteiger partial charge in [-0.3, -0.25) is 24.4 Å². The fourth-order valence-corrected chi connectivity index (χ4v) is 2.60. The number of carboxylic acid groups (broad SMARTS) is 1. The molecule has 9 nitrogen and oxygen atoms in total. The SMILES string of the molecule is CC(C)(C(=O)NC(CCC(=O)O)Cc1ccccc1)n1cc([N+](=O)[O-])cn1. The zero-order chi connectivity index (χ0) is 20.0. The van der Waals surface area contributed by atoms with E-state index in [1.54, 1.807) is 13.8 Å². The second-order valence-electron chi connectivity index (χ2n) is 6.75. The molecule has 0 radical (unpaired) electrons. The molecule has 1 atom stereocenters. The molecule has 144 valence electrons. The van der Waals surface area contributed by atoms with Crippen molar-refractivity contribution in [3.63, 3.8) is 0 Å². The summed E-state index contributed by atoms with van der Waals surface area (Å²) in [6.45, 7) is 3.19. The van der Waals surface area contributed by atoms with Crippen LogP contribution in [0.1, 0.15) is 32.3 Å². The molecule has 0 fully saturated rings. The Bertz CT molecular complexity index is 816. The molecular weight excluding hydrogens is 352 g/mol. The summed E-state index contributed by atoms with van der Waals surface area (Å²) >= 11 is 0. The lowest BCUT2D eigenvalue weighted by Gasteiger charge is -2.27.